The van der Waals surface area contributed by atoms with Crippen LogP contribution in [0.2, 0.25) is 0 Å². The van der Waals surface area contributed by atoms with E-state index in [1.165, 1.54) is 0 Å². The van der Waals surface area contributed by atoms with Crippen molar-refractivity contribution >= 4 is 5.97 Å². The molecule has 106 valence electrons. The molecule has 6 nitrogen and oxygen atoms in total. The monoisotopic (exact) mass is 276 g/mol. The number of benzene rings is 1. The van der Waals surface area contributed by atoms with Gasteiger partial charge in [0.2, 0.25) is 0 Å². The molecule has 1 aromatic heterocycles. The maximum absolute atomic E-state index is 11.0. The maximum atomic E-state index is 11.0. The molecule has 20 heavy (non-hydrogen) atoms. The molecule has 0 fully saturated rings. The predicted molar refractivity (Wildman–Crippen MR) is 72.9 cm³/mol. The van der Waals surface area contributed by atoms with Crippen molar-refractivity contribution in [2.24, 2.45) is 7.05 Å². The lowest BCUT2D eigenvalue weighted by atomic mass is 10.0. The number of aryl methyl sites for hydroxylation is 1. The SMILES string of the molecule is COCc1cc(OC)ccc1-c1cc(C(=O)O)nn1C. The van der Waals surface area contributed by atoms with Crippen molar-refractivity contribution in [3.63, 3.8) is 0 Å². The minimum Gasteiger partial charge on any atom is -0.497 e. The Balaban J connectivity index is 2.53. The van der Waals surface area contributed by atoms with E-state index in [4.69, 9.17) is 14.6 Å². The lowest BCUT2D eigenvalue weighted by Gasteiger charge is -2.11. The Morgan fingerprint density at radius 3 is 2.65 bits per heavy atom. The summed E-state index contributed by atoms with van der Waals surface area (Å²) in [5, 5.41) is 13.0. The molecule has 0 aliphatic rings. The quantitative estimate of drug-likeness (QED) is 0.903. The fourth-order valence-electron chi connectivity index (χ4n) is 2.05. The van der Waals surface area contributed by atoms with Gasteiger partial charge in [0.25, 0.3) is 0 Å². The Bertz CT molecular complexity index is 634. The van der Waals surface area contributed by atoms with Gasteiger partial charge >= 0.3 is 5.97 Å². The number of aromatic carboxylic acids is 1. The van der Waals surface area contributed by atoms with Crippen LogP contribution in [0.25, 0.3) is 11.3 Å². The third-order valence-corrected chi connectivity index (χ3v) is 2.99. The second-order valence-electron chi connectivity index (χ2n) is 4.30. The van der Waals surface area contributed by atoms with Crippen LogP contribution in [0.3, 0.4) is 0 Å². The molecule has 2 rings (SSSR count). The Morgan fingerprint density at radius 1 is 1.35 bits per heavy atom. The molecule has 0 aliphatic carbocycles. The van der Waals surface area contributed by atoms with E-state index in [-0.39, 0.29) is 5.69 Å². The molecule has 0 aliphatic heterocycles. The Labute approximate surface area is 116 Å². The molecular weight excluding hydrogens is 260 g/mol. The van der Waals surface area contributed by atoms with Crippen LogP contribution in [0.5, 0.6) is 5.75 Å². The fourth-order valence-corrected chi connectivity index (χ4v) is 2.05. The Morgan fingerprint density at radius 2 is 2.10 bits per heavy atom. The van der Waals surface area contributed by atoms with Crippen LogP contribution in [-0.4, -0.2) is 35.1 Å². The highest BCUT2D eigenvalue weighted by molar-refractivity contribution is 5.87. The second kappa shape index (κ2) is 5.75. The summed E-state index contributed by atoms with van der Waals surface area (Å²) in [7, 11) is 4.91. The topological polar surface area (TPSA) is 73.6 Å². The van der Waals surface area contributed by atoms with Gasteiger partial charge in [-0.15, -0.1) is 0 Å². The fraction of sp³-hybridized carbons (Fsp3) is 0.286. The first-order valence-corrected chi connectivity index (χ1v) is 6.00. The molecule has 6 heteroatoms. The van der Waals surface area contributed by atoms with Crippen molar-refractivity contribution in [2.75, 3.05) is 14.2 Å². The van der Waals surface area contributed by atoms with Crippen molar-refractivity contribution in [2.45, 2.75) is 6.61 Å². The van der Waals surface area contributed by atoms with Gasteiger partial charge in [0.1, 0.15) is 5.75 Å². The predicted octanol–water partition coefficient (Wildman–Crippen LogP) is 1.94. The zero-order valence-corrected chi connectivity index (χ0v) is 11.6. The number of ether oxygens (including phenoxy) is 2. The highest BCUT2D eigenvalue weighted by Crippen LogP contribution is 2.28. The summed E-state index contributed by atoms with van der Waals surface area (Å²) in [4.78, 5) is 11.0. The average molecular weight is 276 g/mol. The minimum atomic E-state index is -1.05. The van der Waals surface area contributed by atoms with Gasteiger partial charge in [-0.05, 0) is 29.8 Å². The number of hydrogen-bond donors (Lipinski definition) is 1. The molecule has 0 spiro atoms. The van der Waals surface area contributed by atoms with E-state index in [1.54, 1.807) is 32.0 Å². The van der Waals surface area contributed by atoms with Crippen LogP contribution in [0.15, 0.2) is 24.3 Å². The summed E-state index contributed by atoms with van der Waals surface area (Å²) in [5.74, 6) is -0.324. The highest BCUT2D eigenvalue weighted by Gasteiger charge is 2.15. The first-order chi connectivity index (χ1) is 9.56. The van der Waals surface area contributed by atoms with E-state index < -0.39 is 5.97 Å². The number of carbonyl (C=O) groups is 1. The normalized spacial score (nSPS) is 10.6. The molecule has 1 heterocycles. The van der Waals surface area contributed by atoms with E-state index in [2.05, 4.69) is 5.10 Å². The summed E-state index contributed by atoms with van der Waals surface area (Å²) in [6, 6.07) is 7.10. The van der Waals surface area contributed by atoms with E-state index in [9.17, 15) is 4.79 Å². The zero-order chi connectivity index (χ0) is 14.7. The molecule has 0 saturated carbocycles. The van der Waals surface area contributed by atoms with Gasteiger partial charge in [0.05, 0.1) is 19.4 Å². The van der Waals surface area contributed by atoms with Crippen LogP contribution in [0, 0.1) is 0 Å². The number of methoxy groups -OCH3 is 2. The number of rotatable bonds is 5. The van der Waals surface area contributed by atoms with Crippen LogP contribution in [-0.2, 0) is 18.4 Å². The lowest BCUT2D eigenvalue weighted by molar-refractivity contribution is 0.0689. The first kappa shape index (κ1) is 14.1. The van der Waals surface area contributed by atoms with Crippen molar-refractivity contribution in [3.8, 4) is 17.0 Å². The Kier molecular flexibility index (Phi) is 4.05. The molecule has 1 N–H and O–H groups in total. The van der Waals surface area contributed by atoms with Crippen LogP contribution in [0.1, 0.15) is 16.1 Å². The van der Waals surface area contributed by atoms with E-state index >= 15 is 0 Å². The molecule has 0 amide bonds. The first-order valence-electron chi connectivity index (χ1n) is 6.00. The van der Waals surface area contributed by atoms with Gasteiger partial charge in [0, 0.05) is 19.7 Å². The third-order valence-electron chi connectivity index (χ3n) is 2.99. The standard InChI is InChI=1S/C14H16N2O4/c1-16-13(7-12(15-16)14(17)18)11-5-4-10(20-3)6-9(11)8-19-2/h4-7H,8H2,1-3H3,(H,17,18). The molecule has 2 aromatic rings. The summed E-state index contributed by atoms with van der Waals surface area (Å²) in [6.07, 6.45) is 0. The smallest absolute Gasteiger partial charge is 0.356 e. The van der Waals surface area contributed by atoms with Crippen LogP contribution in [0.4, 0.5) is 0 Å². The van der Waals surface area contributed by atoms with Crippen molar-refractivity contribution in [3.05, 3.63) is 35.5 Å². The van der Waals surface area contributed by atoms with Gasteiger partial charge < -0.3 is 14.6 Å². The Hall–Kier alpha value is -2.34. The van der Waals surface area contributed by atoms with Gasteiger partial charge in [0.15, 0.2) is 5.69 Å². The summed E-state index contributed by atoms with van der Waals surface area (Å²) < 4.78 is 11.9. The molecule has 0 atom stereocenters. The van der Waals surface area contributed by atoms with Crippen molar-refractivity contribution < 1.29 is 19.4 Å². The number of nitrogens with zero attached hydrogens (tertiary/aromatic N) is 2. The number of hydrogen-bond acceptors (Lipinski definition) is 4. The lowest BCUT2D eigenvalue weighted by Crippen LogP contribution is -2.00. The van der Waals surface area contributed by atoms with Gasteiger partial charge in [-0.25, -0.2) is 4.79 Å². The number of aromatic nitrogens is 2. The molecule has 0 saturated heterocycles. The minimum absolute atomic E-state index is 0.0154. The van der Waals surface area contributed by atoms with Crippen molar-refractivity contribution in [1.82, 2.24) is 9.78 Å². The van der Waals surface area contributed by atoms with Gasteiger partial charge in [-0.3, -0.25) is 4.68 Å². The third kappa shape index (κ3) is 2.65. The van der Waals surface area contributed by atoms with E-state index in [0.29, 0.717) is 6.61 Å². The number of carboxylic acid groups (broad SMARTS) is 1. The summed E-state index contributed by atoms with van der Waals surface area (Å²) >= 11 is 0. The molecule has 0 radical (unpaired) electrons. The maximum Gasteiger partial charge on any atom is 0.356 e. The number of carboxylic acids is 1. The van der Waals surface area contributed by atoms with Crippen LogP contribution < -0.4 is 4.74 Å². The van der Waals surface area contributed by atoms with E-state index in [0.717, 1.165) is 22.6 Å². The average Bonchev–Trinajstić information content (AvgIpc) is 2.81. The van der Waals surface area contributed by atoms with Crippen LogP contribution >= 0.6 is 0 Å². The molecular formula is C14H16N2O4. The molecule has 0 unspecified atom stereocenters. The second-order valence-corrected chi connectivity index (χ2v) is 4.30. The van der Waals surface area contributed by atoms with Gasteiger partial charge in [-0.1, -0.05) is 0 Å². The molecule has 0 bridgehead atoms. The van der Waals surface area contributed by atoms with Gasteiger partial charge in [-0.2, -0.15) is 5.10 Å². The highest BCUT2D eigenvalue weighted by atomic mass is 16.5. The summed E-state index contributed by atoms with van der Waals surface area (Å²) in [5.41, 5.74) is 2.51. The summed E-state index contributed by atoms with van der Waals surface area (Å²) in [6.45, 7) is 0.403. The molecule has 1 aromatic carbocycles. The zero-order valence-electron chi connectivity index (χ0n) is 11.6. The largest absolute Gasteiger partial charge is 0.497 e. The van der Waals surface area contributed by atoms with Crippen molar-refractivity contribution in [1.29, 1.82) is 0 Å². The van der Waals surface area contributed by atoms with E-state index in [1.807, 2.05) is 18.2 Å².